The maximum Gasteiger partial charge on any atom is 0.262 e. The number of carbonyl (C=O) groups excluding carboxylic acids is 4. The van der Waals surface area contributed by atoms with Gasteiger partial charge in [-0.15, -0.1) is 0 Å². The first-order valence-corrected chi connectivity index (χ1v) is 15.9. The SMILES string of the molecule is CCC(=C(c1ccc(O)cc1)c1ccc(OCCNCc2cc3c(cc2F)C(=O)N(C2CCC(=O)NC2=O)C3=O)cc1)c1ccc(O)cc1. The van der Waals surface area contributed by atoms with Crippen molar-refractivity contribution in [3.05, 3.63) is 124 Å². The summed E-state index contributed by atoms with van der Waals surface area (Å²) < 4.78 is 20.9. The molecule has 11 heteroatoms. The molecule has 1 fully saturated rings. The molecule has 4 aromatic rings. The van der Waals surface area contributed by atoms with E-state index in [0.29, 0.717) is 12.3 Å². The molecule has 4 amide bonds. The number of nitrogens with one attached hydrogen (secondary N) is 2. The number of ether oxygens (including phenoxy) is 1. The molecule has 2 aliphatic heterocycles. The minimum absolute atomic E-state index is 0.00173. The zero-order chi connectivity index (χ0) is 34.7. The number of carbonyl (C=O) groups is 4. The number of hydrogen-bond acceptors (Lipinski definition) is 8. The van der Waals surface area contributed by atoms with Gasteiger partial charge in [0.1, 0.15) is 35.7 Å². The van der Waals surface area contributed by atoms with Crippen LogP contribution >= 0.6 is 0 Å². The number of amides is 4. The van der Waals surface area contributed by atoms with Gasteiger partial charge in [-0.3, -0.25) is 29.4 Å². The quantitative estimate of drug-likeness (QED) is 0.0977. The molecule has 0 aromatic heterocycles. The third-order valence-corrected chi connectivity index (χ3v) is 8.64. The Hall–Kier alpha value is -5.81. The van der Waals surface area contributed by atoms with Crippen LogP contribution in [-0.4, -0.2) is 57.9 Å². The fourth-order valence-electron chi connectivity index (χ4n) is 6.18. The number of fused-ring (bicyclic) bond motifs is 1. The molecular formula is C38H34FN3O7. The molecule has 0 spiro atoms. The number of rotatable bonds is 11. The number of halogens is 1. The van der Waals surface area contributed by atoms with Crippen LogP contribution in [0.15, 0.2) is 84.9 Å². The number of aromatic hydroxyl groups is 2. The van der Waals surface area contributed by atoms with E-state index in [2.05, 4.69) is 17.6 Å². The third-order valence-electron chi connectivity index (χ3n) is 8.64. The van der Waals surface area contributed by atoms with E-state index in [0.717, 1.165) is 45.2 Å². The molecule has 2 heterocycles. The highest BCUT2D eigenvalue weighted by atomic mass is 19.1. The molecule has 1 unspecified atom stereocenters. The van der Waals surface area contributed by atoms with E-state index in [4.69, 9.17) is 4.74 Å². The zero-order valence-corrected chi connectivity index (χ0v) is 26.7. The standard InChI is InChI=1S/C38H34FN3O7/c1-2-29(22-3-9-26(43)10-4-22)35(23-5-11-27(44)12-6-23)24-7-13-28(14-8-24)49-18-17-40-21-25-19-30-31(20-32(25)39)38(48)42(37(30)47)33-15-16-34(45)41-36(33)46/h3-14,19-20,33,40,43-44H,2,15-18,21H2,1H3,(H,41,45,46). The van der Waals surface area contributed by atoms with Gasteiger partial charge in [-0.25, -0.2) is 4.39 Å². The first kappa shape index (κ1) is 33.1. The second-order valence-corrected chi connectivity index (χ2v) is 11.8. The highest BCUT2D eigenvalue weighted by Crippen LogP contribution is 2.36. The van der Waals surface area contributed by atoms with E-state index in [1.54, 1.807) is 24.3 Å². The van der Waals surface area contributed by atoms with Gasteiger partial charge >= 0.3 is 0 Å². The Morgan fingerprint density at radius 2 is 1.43 bits per heavy atom. The number of benzene rings is 4. The van der Waals surface area contributed by atoms with Crippen molar-refractivity contribution in [2.24, 2.45) is 0 Å². The largest absolute Gasteiger partial charge is 0.508 e. The van der Waals surface area contributed by atoms with Gasteiger partial charge in [0.2, 0.25) is 11.8 Å². The maximum atomic E-state index is 15.0. The van der Waals surface area contributed by atoms with E-state index in [1.807, 2.05) is 48.5 Å². The van der Waals surface area contributed by atoms with Gasteiger partial charge in [-0.2, -0.15) is 0 Å². The molecule has 49 heavy (non-hydrogen) atoms. The Balaban J connectivity index is 1.09. The number of piperidine rings is 1. The smallest absolute Gasteiger partial charge is 0.262 e. The lowest BCUT2D eigenvalue weighted by atomic mass is 9.88. The minimum atomic E-state index is -1.12. The van der Waals surface area contributed by atoms with Gasteiger partial charge in [-0.1, -0.05) is 43.3 Å². The fraction of sp³-hybridized carbons (Fsp3) is 0.211. The van der Waals surface area contributed by atoms with Crippen molar-refractivity contribution in [1.29, 1.82) is 0 Å². The average Bonchev–Trinajstić information content (AvgIpc) is 3.32. The summed E-state index contributed by atoms with van der Waals surface area (Å²) in [7, 11) is 0. The number of phenols is 2. The molecule has 0 aliphatic carbocycles. The molecule has 4 aromatic carbocycles. The maximum absolute atomic E-state index is 15.0. The molecule has 10 nitrogen and oxygen atoms in total. The number of hydrogen-bond donors (Lipinski definition) is 4. The predicted octanol–water partition coefficient (Wildman–Crippen LogP) is 5.18. The van der Waals surface area contributed by atoms with E-state index in [9.17, 15) is 33.8 Å². The first-order valence-electron chi connectivity index (χ1n) is 15.9. The lowest BCUT2D eigenvalue weighted by molar-refractivity contribution is -0.136. The van der Waals surface area contributed by atoms with Crippen molar-refractivity contribution in [1.82, 2.24) is 15.5 Å². The van der Waals surface area contributed by atoms with Crippen molar-refractivity contribution in [2.45, 2.75) is 38.8 Å². The van der Waals surface area contributed by atoms with Crippen LogP contribution in [0.5, 0.6) is 17.2 Å². The van der Waals surface area contributed by atoms with Crippen LogP contribution in [0.2, 0.25) is 0 Å². The molecule has 4 N–H and O–H groups in total. The van der Waals surface area contributed by atoms with Gasteiger partial charge in [0.05, 0.1) is 11.1 Å². The van der Waals surface area contributed by atoms with E-state index < -0.39 is 35.5 Å². The molecule has 1 atom stereocenters. The summed E-state index contributed by atoms with van der Waals surface area (Å²) in [6.45, 7) is 2.75. The summed E-state index contributed by atoms with van der Waals surface area (Å²) in [5.41, 5.74) is 4.98. The second-order valence-electron chi connectivity index (χ2n) is 11.8. The predicted molar refractivity (Wildman–Crippen MR) is 179 cm³/mol. The first-order chi connectivity index (χ1) is 23.6. The van der Waals surface area contributed by atoms with E-state index in [-0.39, 0.29) is 54.2 Å². The summed E-state index contributed by atoms with van der Waals surface area (Å²) in [6.07, 6.45) is 0.738. The van der Waals surface area contributed by atoms with Gasteiger partial charge < -0.3 is 20.3 Å². The van der Waals surface area contributed by atoms with Crippen LogP contribution in [0.25, 0.3) is 11.1 Å². The van der Waals surface area contributed by atoms with Gasteiger partial charge in [-0.05, 0) is 89.2 Å². The van der Waals surface area contributed by atoms with E-state index >= 15 is 0 Å². The molecule has 2 aliphatic rings. The fourth-order valence-corrected chi connectivity index (χ4v) is 6.18. The van der Waals surface area contributed by atoms with Gasteiger partial charge in [0, 0.05) is 25.1 Å². The van der Waals surface area contributed by atoms with Crippen molar-refractivity contribution in [2.75, 3.05) is 13.2 Å². The molecule has 0 bridgehead atoms. The van der Waals surface area contributed by atoms with Crippen LogP contribution in [0.3, 0.4) is 0 Å². The molecule has 6 rings (SSSR count). The Labute approximate surface area is 281 Å². The van der Waals surface area contributed by atoms with Crippen LogP contribution in [-0.2, 0) is 16.1 Å². The normalized spacial score (nSPS) is 16.4. The monoisotopic (exact) mass is 663 g/mol. The Morgan fingerprint density at radius 1 is 0.857 bits per heavy atom. The van der Waals surface area contributed by atoms with Gasteiger partial charge in [0.25, 0.3) is 11.8 Å². The lowest BCUT2D eigenvalue weighted by Gasteiger charge is -2.27. The van der Waals surface area contributed by atoms with Crippen molar-refractivity contribution in [3.8, 4) is 17.2 Å². The zero-order valence-electron chi connectivity index (χ0n) is 26.7. The summed E-state index contributed by atoms with van der Waals surface area (Å²) in [6, 6.07) is 22.9. The molecule has 1 saturated heterocycles. The van der Waals surface area contributed by atoms with Crippen LogP contribution in [0.1, 0.15) is 69.2 Å². The topological polar surface area (TPSA) is 145 Å². The summed E-state index contributed by atoms with van der Waals surface area (Å²) in [5, 5.41) is 24.9. The van der Waals surface area contributed by atoms with E-state index in [1.165, 1.54) is 6.07 Å². The minimum Gasteiger partial charge on any atom is -0.508 e. The summed E-state index contributed by atoms with van der Waals surface area (Å²) in [5.74, 6) is -2.33. The lowest BCUT2D eigenvalue weighted by Crippen LogP contribution is -2.54. The Bertz CT molecular complexity index is 1960. The Kier molecular flexibility index (Phi) is 9.54. The number of nitrogens with zero attached hydrogens (tertiary/aromatic N) is 1. The highest BCUT2D eigenvalue weighted by Gasteiger charge is 2.45. The third kappa shape index (κ3) is 6.93. The van der Waals surface area contributed by atoms with Crippen molar-refractivity contribution < 1.29 is 38.5 Å². The molecular weight excluding hydrogens is 629 g/mol. The highest BCUT2D eigenvalue weighted by molar-refractivity contribution is 6.23. The van der Waals surface area contributed by atoms with Crippen molar-refractivity contribution in [3.63, 3.8) is 0 Å². The van der Waals surface area contributed by atoms with Crippen LogP contribution < -0.4 is 15.4 Å². The van der Waals surface area contributed by atoms with Crippen molar-refractivity contribution >= 4 is 34.8 Å². The molecule has 0 radical (unpaired) electrons. The molecule has 250 valence electrons. The summed E-state index contributed by atoms with van der Waals surface area (Å²) >= 11 is 0. The number of phenolic OH excluding ortho intramolecular Hbond substituents is 2. The number of imide groups is 2. The summed E-state index contributed by atoms with van der Waals surface area (Å²) in [4.78, 5) is 50.6. The second kappa shape index (κ2) is 14.1. The average molecular weight is 664 g/mol. The van der Waals surface area contributed by atoms with Crippen LogP contribution in [0, 0.1) is 5.82 Å². The molecule has 0 saturated carbocycles. The van der Waals surface area contributed by atoms with Gasteiger partial charge in [0.15, 0.2) is 0 Å². The van der Waals surface area contributed by atoms with Crippen LogP contribution in [0.4, 0.5) is 4.39 Å². The Morgan fingerprint density at radius 3 is 2.02 bits per heavy atom. The number of allylic oxidation sites excluding steroid dienone is 1.